The summed E-state index contributed by atoms with van der Waals surface area (Å²) in [5, 5.41) is 3.39. The summed E-state index contributed by atoms with van der Waals surface area (Å²) in [4.78, 5) is 14.2. The van der Waals surface area contributed by atoms with Crippen LogP contribution in [0.1, 0.15) is 45.4 Å². The lowest BCUT2D eigenvalue weighted by molar-refractivity contribution is 0.00254. The van der Waals surface area contributed by atoms with E-state index in [0.717, 1.165) is 25.9 Å². The van der Waals surface area contributed by atoms with Crippen LogP contribution in [0.15, 0.2) is 0 Å². The molecular weight excluding hydrogens is 228 g/mol. The van der Waals surface area contributed by atoms with E-state index in [2.05, 4.69) is 17.1 Å². The third-order valence-electron chi connectivity index (χ3n) is 4.89. The molecule has 0 radical (unpaired) electrons. The van der Waals surface area contributed by atoms with Gasteiger partial charge in [0.15, 0.2) is 0 Å². The van der Waals surface area contributed by atoms with Crippen molar-refractivity contribution in [2.75, 3.05) is 19.7 Å². The minimum Gasteiger partial charge on any atom is -0.449 e. The Bertz CT molecular complexity index is 312. The molecule has 18 heavy (non-hydrogen) atoms. The van der Waals surface area contributed by atoms with Gasteiger partial charge in [-0.25, -0.2) is 4.79 Å². The summed E-state index contributed by atoms with van der Waals surface area (Å²) in [5.41, 5.74) is 0.506. The van der Waals surface area contributed by atoms with Crippen LogP contribution in [-0.4, -0.2) is 42.8 Å². The fourth-order valence-corrected chi connectivity index (χ4v) is 3.89. The SMILES string of the molecule is CCCCOC(=O)N1[C@@H]2CC[C@H]1CC1(CNC1)C2. The van der Waals surface area contributed by atoms with Crippen LogP contribution >= 0.6 is 0 Å². The number of carbonyl (C=O) groups is 1. The Kier molecular flexibility index (Phi) is 3.22. The molecular formula is C14H24N2O2. The maximum absolute atomic E-state index is 12.1. The molecule has 3 rings (SSSR count). The maximum atomic E-state index is 12.1. The number of ether oxygens (including phenoxy) is 1. The minimum absolute atomic E-state index is 0.0573. The molecule has 3 saturated heterocycles. The second-order valence-electron chi connectivity index (χ2n) is 6.27. The zero-order chi connectivity index (χ0) is 12.6. The molecule has 1 spiro atoms. The predicted molar refractivity (Wildman–Crippen MR) is 69.4 cm³/mol. The Morgan fingerprint density at radius 2 is 2.00 bits per heavy atom. The number of rotatable bonds is 3. The van der Waals surface area contributed by atoms with Gasteiger partial charge in [0.2, 0.25) is 0 Å². The van der Waals surface area contributed by atoms with Crippen LogP contribution in [0, 0.1) is 5.41 Å². The monoisotopic (exact) mass is 252 g/mol. The highest BCUT2D eigenvalue weighted by Gasteiger charge is 2.52. The van der Waals surface area contributed by atoms with Crippen molar-refractivity contribution in [1.29, 1.82) is 0 Å². The lowest BCUT2D eigenvalue weighted by Gasteiger charge is -2.51. The number of unbranched alkanes of at least 4 members (excludes halogenated alkanes) is 1. The van der Waals surface area contributed by atoms with Crippen molar-refractivity contribution in [3.8, 4) is 0 Å². The number of amides is 1. The van der Waals surface area contributed by atoms with E-state index < -0.39 is 0 Å². The lowest BCUT2D eigenvalue weighted by Crippen LogP contribution is -2.62. The molecule has 4 heteroatoms. The fourth-order valence-electron chi connectivity index (χ4n) is 3.89. The molecule has 1 N–H and O–H groups in total. The van der Waals surface area contributed by atoms with Gasteiger partial charge in [0, 0.05) is 25.2 Å². The molecule has 0 aromatic heterocycles. The first-order valence-electron chi connectivity index (χ1n) is 7.40. The van der Waals surface area contributed by atoms with Gasteiger partial charge in [-0.05, 0) is 37.5 Å². The summed E-state index contributed by atoms with van der Waals surface area (Å²) in [7, 11) is 0. The van der Waals surface area contributed by atoms with Crippen LogP contribution in [0.2, 0.25) is 0 Å². The van der Waals surface area contributed by atoms with Gasteiger partial charge in [0.25, 0.3) is 0 Å². The molecule has 0 unspecified atom stereocenters. The molecule has 3 heterocycles. The van der Waals surface area contributed by atoms with E-state index in [0.29, 0.717) is 24.1 Å². The predicted octanol–water partition coefficient (Wildman–Crippen LogP) is 2.14. The van der Waals surface area contributed by atoms with Crippen LogP contribution in [0.3, 0.4) is 0 Å². The maximum Gasteiger partial charge on any atom is 0.410 e. The summed E-state index contributed by atoms with van der Waals surface area (Å²) in [6.07, 6.45) is 6.71. The van der Waals surface area contributed by atoms with Gasteiger partial charge in [0.1, 0.15) is 0 Å². The molecule has 3 aliphatic rings. The molecule has 0 aliphatic carbocycles. The topological polar surface area (TPSA) is 41.6 Å². The van der Waals surface area contributed by atoms with Crippen LogP contribution in [-0.2, 0) is 4.74 Å². The number of piperidine rings is 1. The van der Waals surface area contributed by atoms with E-state index in [1.165, 1.54) is 25.7 Å². The summed E-state index contributed by atoms with van der Waals surface area (Å²) >= 11 is 0. The molecule has 0 aromatic rings. The second-order valence-corrected chi connectivity index (χ2v) is 6.27. The summed E-state index contributed by atoms with van der Waals surface area (Å²) in [6.45, 7) is 5.00. The second kappa shape index (κ2) is 4.72. The van der Waals surface area contributed by atoms with Crippen LogP contribution in [0.5, 0.6) is 0 Å². The Labute approximate surface area is 109 Å². The fraction of sp³-hybridized carbons (Fsp3) is 0.929. The largest absolute Gasteiger partial charge is 0.449 e. The van der Waals surface area contributed by atoms with Gasteiger partial charge in [-0.15, -0.1) is 0 Å². The normalized spacial score (nSPS) is 32.4. The molecule has 3 fully saturated rings. The van der Waals surface area contributed by atoms with E-state index in [-0.39, 0.29) is 6.09 Å². The number of hydrogen-bond acceptors (Lipinski definition) is 3. The van der Waals surface area contributed by atoms with Gasteiger partial charge in [0.05, 0.1) is 6.61 Å². The number of nitrogens with one attached hydrogen (secondary N) is 1. The molecule has 3 aliphatic heterocycles. The number of fused-ring (bicyclic) bond motifs is 2. The van der Waals surface area contributed by atoms with Crippen molar-refractivity contribution < 1.29 is 9.53 Å². The highest BCUT2D eigenvalue weighted by molar-refractivity contribution is 5.69. The van der Waals surface area contributed by atoms with Crippen LogP contribution in [0.25, 0.3) is 0 Å². The standard InChI is InChI=1S/C14H24N2O2/c1-2-3-6-18-13(17)16-11-4-5-12(16)8-14(7-11)9-15-10-14/h11-12,15H,2-10H2,1H3/t11-,12+. The summed E-state index contributed by atoms with van der Waals surface area (Å²) in [5.74, 6) is 0. The quantitative estimate of drug-likeness (QED) is 0.782. The Hall–Kier alpha value is -0.770. The van der Waals surface area contributed by atoms with Crippen LogP contribution < -0.4 is 5.32 Å². The van der Waals surface area contributed by atoms with Crippen molar-refractivity contribution in [1.82, 2.24) is 10.2 Å². The van der Waals surface area contributed by atoms with Gasteiger partial charge in [-0.1, -0.05) is 13.3 Å². The summed E-state index contributed by atoms with van der Waals surface area (Å²) in [6, 6.07) is 0.889. The smallest absolute Gasteiger partial charge is 0.410 e. The average molecular weight is 252 g/mol. The number of carbonyl (C=O) groups excluding carboxylic acids is 1. The van der Waals surface area contributed by atoms with E-state index >= 15 is 0 Å². The molecule has 102 valence electrons. The first-order valence-corrected chi connectivity index (χ1v) is 7.40. The van der Waals surface area contributed by atoms with Gasteiger partial charge in [-0.3, -0.25) is 0 Å². The van der Waals surface area contributed by atoms with E-state index in [9.17, 15) is 4.79 Å². The van der Waals surface area contributed by atoms with Gasteiger partial charge in [-0.2, -0.15) is 0 Å². The van der Waals surface area contributed by atoms with Gasteiger partial charge >= 0.3 is 6.09 Å². The Morgan fingerprint density at radius 3 is 2.50 bits per heavy atom. The average Bonchev–Trinajstić information content (AvgIpc) is 2.59. The van der Waals surface area contributed by atoms with Crippen LogP contribution in [0.4, 0.5) is 4.79 Å². The zero-order valence-electron chi connectivity index (χ0n) is 11.3. The summed E-state index contributed by atoms with van der Waals surface area (Å²) < 4.78 is 5.39. The lowest BCUT2D eigenvalue weighted by atomic mass is 9.70. The highest BCUT2D eigenvalue weighted by Crippen LogP contribution is 2.47. The van der Waals surface area contributed by atoms with E-state index in [4.69, 9.17) is 4.74 Å². The number of hydrogen-bond donors (Lipinski definition) is 1. The Morgan fingerprint density at radius 1 is 1.33 bits per heavy atom. The molecule has 4 nitrogen and oxygen atoms in total. The highest BCUT2D eigenvalue weighted by atomic mass is 16.6. The van der Waals surface area contributed by atoms with Gasteiger partial charge < -0.3 is 15.0 Å². The van der Waals surface area contributed by atoms with Crippen molar-refractivity contribution in [3.05, 3.63) is 0 Å². The molecule has 2 atom stereocenters. The van der Waals surface area contributed by atoms with Crippen molar-refractivity contribution >= 4 is 6.09 Å². The van der Waals surface area contributed by atoms with E-state index in [1.807, 2.05) is 0 Å². The van der Waals surface area contributed by atoms with E-state index in [1.54, 1.807) is 0 Å². The number of nitrogens with zero attached hydrogens (tertiary/aromatic N) is 1. The first kappa shape index (κ1) is 12.3. The molecule has 0 aromatic carbocycles. The zero-order valence-corrected chi connectivity index (χ0v) is 11.3. The minimum atomic E-state index is -0.0573. The third kappa shape index (κ3) is 2.00. The van der Waals surface area contributed by atoms with Crippen molar-refractivity contribution in [2.24, 2.45) is 5.41 Å². The van der Waals surface area contributed by atoms with Crippen molar-refractivity contribution in [2.45, 2.75) is 57.5 Å². The van der Waals surface area contributed by atoms with Crippen molar-refractivity contribution in [3.63, 3.8) is 0 Å². The molecule has 1 amide bonds. The third-order valence-corrected chi connectivity index (χ3v) is 4.89. The first-order chi connectivity index (χ1) is 8.74. The molecule has 2 bridgehead atoms. The molecule has 0 saturated carbocycles. The Balaban J connectivity index is 1.59.